The molecule has 18 heavy (non-hydrogen) atoms. The standard InChI is InChI=1S/C3H7NO.B12.V/c1-2-3(4)5;1-7-11(6)8-12(9(2)3)10(4)5;/h2H2,1H3,(H2,4,5);;/p-1. The van der Waals surface area contributed by atoms with Crippen LogP contribution in [0.2, 0.25) is 0 Å². The van der Waals surface area contributed by atoms with Crippen molar-refractivity contribution in [2.45, 2.75) is 13.3 Å². The molecular weight excluding hydrogens is 247 g/mol. The van der Waals surface area contributed by atoms with Crippen molar-refractivity contribution >= 4 is 92.0 Å². The Morgan fingerprint density at radius 2 is 1.50 bits per heavy atom. The van der Waals surface area contributed by atoms with Crippen molar-refractivity contribution in [3.63, 3.8) is 0 Å². The van der Waals surface area contributed by atoms with Gasteiger partial charge in [0.15, 0.2) is 0 Å². The molecule has 0 atom stereocenters. The first-order chi connectivity index (χ1) is 7.76. The van der Waals surface area contributed by atoms with Crippen molar-refractivity contribution in [2.75, 3.05) is 0 Å². The number of nitrogens with one attached hydrogen (secondary N) is 1. The molecule has 0 unspecified atom stereocenters. The zero-order chi connectivity index (χ0) is 14.0. The maximum absolute atomic E-state index is 9.48. The average Bonchev–Trinajstić information content (AvgIpc) is 2.25. The van der Waals surface area contributed by atoms with Crippen LogP contribution in [0.4, 0.5) is 0 Å². The molecule has 0 aliphatic rings. The third-order valence-corrected chi connectivity index (χ3v) is 1.88. The summed E-state index contributed by atoms with van der Waals surface area (Å²) in [6.45, 7) is 1.66. The Hall–Kier alpha value is 0.834. The van der Waals surface area contributed by atoms with Gasteiger partial charge in [0.1, 0.15) is 0 Å². The smallest absolute Gasteiger partial charge is 0.0484 e. The normalized spacial score (nSPS) is 7.61. The van der Waals surface area contributed by atoms with Gasteiger partial charge in [-0.2, -0.15) is 0 Å². The number of rotatable bonds is 6. The van der Waals surface area contributed by atoms with E-state index in [0.29, 0.717) is 6.42 Å². The second-order valence-electron chi connectivity index (χ2n) is 3.47. The van der Waals surface area contributed by atoms with Crippen LogP contribution in [0.1, 0.15) is 13.3 Å². The molecular formula is C3H6B12NOV-. The molecule has 15 radical (unpaired) electrons. The second kappa shape index (κ2) is 14.2. The first-order valence-corrected chi connectivity index (χ1v) is 5.18. The molecule has 2 nitrogen and oxygen atoms in total. The molecule has 1 N–H and O–H groups in total. The molecule has 0 aromatic rings. The van der Waals surface area contributed by atoms with Crippen molar-refractivity contribution in [1.29, 1.82) is 0 Å². The maximum atomic E-state index is 9.48. The third-order valence-electron chi connectivity index (χ3n) is 1.88. The molecule has 0 aromatic carbocycles. The van der Waals surface area contributed by atoms with Gasteiger partial charge in [0.2, 0.25) is 0 Å². The third kappa shape index (κ3) is 14.9. The van der Waals surface area contributed by atoms with E-state index in [1.807, 2.05) is 0 Å². The Morgan fingerprint density at radius 3 is 1.67 bits per heavy atom. The van der Waals surface area contributed by atoms with Gasteiger partial charge in [-0.1, -0.05) is 6.92 Å². The zero-order valence-corrected chi connectivity index (χ0v) is 11.9. The summed E-state index contributed by atoms with van der Waals surface area (Å²) in [7, 11) is 35.3. The molecule has 0 spiro atoms. The molecule has 0 aliphatic heterocycles. The Morgan fingerprint density at radius 1 is 1.17 bits per heavy atom. The molecule has 0 saturated carbocycles. The maximum Gasteiger partial charge on any atom is 0.0484 e. The summed E-state index contributed by atoms with van der Waals surface area (Å²) in [4.78, 5) is 9.48. The average molecular weight is 253 g/mol. The molecule has 0 aromatic heterocycles. The molecule has 0 rings (SSSR count). The van der Waals surface area contributed by atoms with Crippen LogP contribution in [0.15, 0.2) is 0 Å². The van der Waals surface area contributed by atoms with Crippen molar-refractivity contribution in [3.8, 4) is 0 Å². The second-order valence-corrected chi connectivity index (χ2v) is 3.47. The fourth-order valence-electron chi connectivity index (χ4n) is 0.834. The minimum atomic E-state index is -0.615. The predicted molar refractivity (Wildman–Crippen MR) is 88.7 cm³/mol. The largest absolute Gasteiger partial charge is 0.668 e. The van der Waals surface area contributed by atoms with E-state index in [2.05, 4.69) is 0 Å². The van der Waals surface area contributed by atoms with Crippen LogP contribution in [0.3, 0.4) is 0 Å². The van der Waals surface area contributed by atoms with Crippen LogP contribution >= 0.6 is 0 Å². The van der Waals surface area contributed by atoms with E-state index >= 15 is 0 Å². The Kier molecular flexibility index (Phi) is 18.9. The number of carbonyl (C=O) groups is 1. The quantitative estimate of drug-likeness (QED) is 0.451. The first kappa shape index (κ1) is 23.9. The van der Waals surface area contributed by atoms with Crippen molar-refractivity contribution in [2.24, 2.45) is 0 Å². The van der Waals surface area contributed by atoms with Gasteiger partial charge in [-0.3, -0.25) is 0 Å². The van der Waals surface area contributed by atoms with Crippen molar-refractivity contribution < 1.29 is 23.4 Å². The van der Waals surface area contributed by atoms with Gasteiger partial charge < -0.3 is 10.5 Å². The molecule has 15 heteroatoms. The van der Waals surface area contributed by atoms with Crippen molar-refractivity contribution in [3.05, 3.63) is 5.73 Å². The van der Waals surface area contributed by atoms with Crippen LogP contribution < -0.4 is 0 Å². The first-order valence-electron chi connectivity index (χ1n) is 5.18. The van der Waals surface area contributed by atoms with Gasteiger partial charge in [-0.15, -0.1) is 0 Å². The molecule has 0 bridgehead atoms. The molecule has 0 aliphatic carbocycles. The molecule has 0 fully saturated rings. The van der Waals surface area contributed by atoms with Gasteiger partial charge in [-0.25, -0.2) is 0 Å². The Balaban J connectivity index is -0.000000321. The number of carbonyl (C=O) groups excluding carboxylic acids is 1. The van der Waals surface area contributed by atoms with E-state index in [-0.39, 0.29) is 31.3 Å². The van der Waals surface area contributed by atoms with Crippen LogP contribution in [0.25, 0.3) is 5.73 Å². The summed E-state index contributed by atoms with van der Waals surface area (Å²) in [5.74, 6) is -0.495. The minimum Gasteiger partial charge on any atom is -0.668 e. The van der Waals surface area contributed by atoms with E-state index in [4.69, 9.17) is 52.2 Å². The van der Waals surface area contributed by atoms with Gasteiger partial charge in [0.05, 0.1) is 0 Å². The van der Waals surface area contributed by atoms with E-state index in [0.717, 1.165) is 0 Å². The minimum absolute atomic E-state index is 0. The van der Waals surface area contributed by atoms with Gasteiger partial charge in [0.25, 0.3) is 0 Å². The van der Waals surface area contributed by atoms with E-state index in [1.54, 1.807) is 14.0 Å². The number of amides is 1. The summed E-state index contributed by atoms with van der Waals surface area (Å²) < 4.78 is 0. The fourth-order valence-corrected chi connectivity index (χ4v) is 0.834. The van der Waals surface area contributed by atoms with Gasteiger partial charge >= 0.3 is 0 Å². The van der Waals surface area contributed by atoms with E-state index in [1.165, 1.54) is 7.06 Å². The molecule has 0 saturated heterocycles. The topological polar surface area (TPSA) is 40.9 Å². The van der Waals surface area contributed by atoms with Gasteiger partial charge in [0, 0.05) is 111 Å². The molecule has 1 amide bonds. The predicted octanol–water partition coefficient (Wildman–Crippen LogP) is -3.60. The summed E-state index contributed by atoms with van der Waals surface area (Å²) in [5.41, 5.74) is 6.19. The number of hydrogen-bond acceptors (Lipinski definition) is 1. The Labute approximate surface area is 134 Å². The molecule has 71 valence electrons. The molecule has 0 heterocycles. The van der Waals surface area contributed by atoms with Crippen LogP contribution in [-0.2, 0) is 23.4 Å². The van der Waals surface area contributed by atoms with Crippen molar-refractivity contribution in [1.82, 2.24) is 0 Å². The monoisotopic (exact) mass is 255 g/mol. The van der Waals surface area contributed by atoms with Crippen LogP contribution in [0.5, 0.6) is 0 Å². The van der Waals surface area contributed by atoms with E-state index in [9.17, 15) is 4.79 Å². The van der Waals surface area contributed by atoms with Crippen LogP contribution in [0, 0.1) is 0 Å². The Bertz CT molecular complexity index is 196. The van der Waals surface area contributed by atoms with E-state index < -0.39 is 18.7 Å². The fraction of sp³-hybridized carbons (Fsp3) is 0.667. The number of hydrogen-bond donors (Lipinski definition) is 0. The SMILES string of the molecule is CCC([NH-])=O.[B][B]B([B])[B]B(B([B])[B])B([B])[B].[V]. The summed E-state index contributed by atoms with van der Waals surface area (Å²) in [6, 6.07) is 0. The van der Waals surface area contributed by atoms with Crippen LogP contribution in [-0.4, -0.2) is 92.0 Å². The summed E-state index contributed by atoms with van der Waals surface area (Å²) in [5, 5.41) is 0. The zero-order valence-electron chi connectivity index (χ0n) is 10.5. The summed E-state index contributed by atoms with van der Waals surface area (Å²) >= 11 is 0. The summed E-state index contributed by atoms with van der Waals surface area (Å²) in [6.07, 6.45) is -1.62. The van der Waals surface area contributed by atoms with Gasteiger partial charge in [-0.05, 0) is 6.42 Å².